The molecule has 2 aliphatic heterocycles. The molecule has 69 heavy (non-hydrogen) atoms. The van der Waals surface area contributed by atoms with Crippen LogP contribution < -0.4 is 49.1 Å². The Morgan fingerprint density at radius 2 is 1.32 bits per heavy atom. The fraction of sp³-hybridized carbons (Fsp3) is 0.644. The molecule has 0 unspecified atom stereocenters. The van der Waals surface area contributed by atoms with Crippen LogP contribution >= 0.6 is 0 Å². The number of guanidine groups is 1. The van der Waals surface area contributed by atoms with Gasteiger partial charge in [0.05, 0.1) is 18.7 Å². The van der Waals surface area contributed by atoms with E-state index in [-0.39, 0.29) is 75.8 Å². The highest BCUT2D eigenvalue weighted by Gasteiger charge is 2.41. The van der Waals surface area contributed by atoms with Crippen LogP contribution in [0.1, 0.15) is 92.1 Å². The number of hydrogen-bond acceptors (Lipinski definition) is 13. The van der Waals surface area contributed by atoms with Crippen molar-refractivity contribution >= 4 is 59.2 Å². The Morgan fingerprint density at radius 1 is 0.739 bits per heavy atom. The number of aliphatic hydroxyl groups excluding tert-OH is 1. The molecule has 8 amide bonds. The molecule has 3 rings (SSSR count). The van der Waals surface area contributed by atoms with E-state index in [1.807, 2.05) is 13.8 Å². The Balaban J connectivity index is 1.69. The number of nitrogens with two attached hydrogens (primary N) is 3. The number of phenols is 1. The van der Waals surface area contributed by atoms with Crippen LogP contribution in [0.3, 0.4) is 0 Å². The molecule has 2 saturated heterocycles. The number of aliphatic carboxylic acids is 1. The van der Waals surface area contributed by atoms with Crippen molar-refractivity contribution in [1.29, 1.82) is 0 Å². The van der Waals surface area contributed by atoms with Gasteiger partial charge in [-0.15, -0.1) is 0 Å². The number of carboxylic acid groups (broad SMARTS) is 1. The van der Waals surface area contributed by atoms with Gasteiger partial charge in [0.15, 0.2) is 5.96 Å². The predicted octanol–water partition coefficient (Wildman–Crippen LogP) is -2.97. The summed E-state index contributed by atoms with van der Waals surface area (Å²) in [7, 11) is 0. The molecule has 24 heteroatoms. The topological polar surface area (TPSA) is 383 Å². The van der Waals surface area contributed by atoms with Crippen molar-refractivity contribution in [3.8, 4) is 5.75 Å². The first-order valence-corrected chi connectivity index (χ1v) is 23.3. The second-order valence-corrected chi connectivity index (χ2v) is 18.4. The largest absolute Gasteiger partial charge is 0.508 e. The van der Waals surface area contributed by atoms with E-state index >= 15 is 0 Å². The molecular formula is C45H72N12O12. The number of aliphatic hydroxyl groups is 1. The van der Waals surface area contributed by atoms with Gasteiger partial charge < -0.3 is 74.2 Å². The zero-order valence-electron chi connectivity index (χ0n) is 40.2. The summed E-state index contributed by atoms with van der Waals surface area (Å²) >= 11 is 0. The summed E-state index contributed by atoms with van der Waals surface area (Å²) in [6, 6.07) is -3.24. The van der Waals surface area contributed by atoms with E-state index in [4.69, 9.17) is 22.3 Å². The normalized spacial score (nSPS) is 18.7. The number of aromatic hydroxyl groups is 1. The average molecular weight is 973 g/mol. The maximum Gasteiger partial charge on any atom is 0.325 e. The zero-order chi connectivity index (χ0) is 51.7. The van der Waals surface area contributed by atoms with E-state index in [9.17, 15) is 53.4 Å². The van der Waals surface area contributed by atoms with Gasteiger partial charge in [-0.3, -0.25) is 48.1 Å². The lowest BCUT2D eigenvalue weighted by Gasteiger charge is -2.31. The molecule has 0 aromatic heterocycles. The number of carbonyl (C=O) groups excluding carboxylic acids is 8. The fourth-order valence-electron chi connectivity index (χ4n) is 8.01. The summed E-state index contributed by atoms with van der Waals surface area (Å²) in [5.74, 6) is -7.58. The number of nitrogens with zero attached hydrogens (tertiary/aromatic N) is 3. The van der Waals surface area contributed by atoms with Gasteiger partial charge in [-0.25, -0.2) is 0 Å². The minimum Gasteiger partial charge on any atom is -0.508 e. The predicted molar refractivity (Wildman–Crippen MR) is 251 cm³/mol. The van der Waals surface area contributed by atoms with Crippen LogP contribution in [0.2, 0.25) is 0 Å². The van der Waals surface area contributed by atoms with Crippen LogP contribution in [-0.4, -0.2) is 165 Å². The summed E-state index contributed by atoms with van der Waals surface area (Å²) in [6.45, 7) is 9.34. The van der Waals surface area contributed by atoms with Crippen molar-refractivity contribution in [2.45, 2.75) is 147 Å². The van der Waals surface area contributed by atoms with Crippen molar-refractivity contribution < 1.29 is 58.5 Å². The quantitative estimate of drug-likeness (QED) is 0.0264. The minimum atomic E-state index is -1.55. The van der Waals surface area contributed by atoms with Gasteiger partial charge in [0.2, 0.25) is 47.3 Å². The van der Waals surface area contributed by atoms with Crippen molar-refractivity contribution in [2.24, 2.45) is 34.0 Å². The second kappa shape index (κ2) is 26.8. The standard InChI is InChI=1S/C45H72N12O12/c1-23(2)20-31(53-37(61)29(46)21-27-13-15-28(59)16-14-27)38(62)52-30(10-7-17-49-45(47)48)43(67)57-19-9-11-32(57)39(63)50-22-34(60)56-18-8-12-33(56)40(64)54-35(24(3)4)41(65)55-36(26(6)58)42(66)51-25(5)44(68)69/h13-16,23-26,29-33,35-36,58-59H,7-12,17-22,46H2,1-6H3,(H,50,63)(H,51,66)(H,52,62)(H,53,61)(H,54,64)(H,55,65)(H,68,69)(H4,47,48,49)/t25-,26+,29-,30-,31-,32-,33-,35-,36-/m0/s1. The molecule has 24 nitrogen and oxygen atoms in total. The summed E-state index contributed by atoms with van der Waals surface area (Å²) < 4.78 is 0. The fourth-order valence-corrected chi connectivity index (χ4v) is 8.01. The Kier molecular flexibility index (Phi) is 22.1. The molecule has 1 aromatic rings. The molecule has 2 fully saturated rings. The van der Waals surface area contributed by atoms with E-state index in [0.717, 1.165) is 0 Å². The van der Waals surface area contributed by atoms with Gasteiger partial charge in [0.25, 0.3) is 0 Å². The van der Waals surface area contributed by atoms with E-state index < -0.39 is 120 Å². The number of rotatable bonds is 25. The number of carboxylic acids is 1. The molecule has 0 radical (unpaired) electrons. The Bertz CT molecular complexity index is 2010. The van der Waals surface area contributed by atoms with Crippen LogP contribution in [0, 0.1) is 11.8 Å². The summed E-state index contributed by atoms with van der Waals surface area (Å²) in [5.41, 5.74) is 17.9. The summed E-state index contributed by atoms with van der Waals surface area (Å²) in [5, 5.41) is 44.3. The van der Waals surface area contributed by atoms with Crippen LogP contribution in [0.25, 0.3) is 0 Å². The van der Waals surface area contributed by atoms with Gasteiger partial charge in [-0.05, 0) is 94.7 Å². The number of likely N-dealkylation sites (tertiary alicyclic amines) is 2. The van der Waals surface area contributed by atoms with Crippen LogP contribution in [0.4, 0.5) is 0 Å². The van der Waals surface area contributed by atoms with Gasteiger partial charge >= 0.3 is 5.97 Å². The number of nitrogens with one attached hydrogen (secondary N) is 6. The molecule has 2 heterocycles. The molecule has 0 bridgehead atoms. The molecule has 2 aliphatic rings. The average Bonchev–Trinajstić information content (AvgIpc) is 3.98. The number of benzene rings is 1. The van der Waals surface area contributed by atoms with Crippen molar-refractivity contribution in [1.82, 2.24) is 41.7 Å². The van der Waals surface area contributed by atoms with Gasteiger partial charge in [-0.2, -0.15) is 0 Å². The number of aliphatic imine (C=N–C) groups is 1. The lowest BCUT2D eigenvalue weighted by molar-refractivity contribution is -0.143. The molecule has 0 spiro atoms. The highest BCUT2D eigenvalue weighted by atomic mass is 16.4. The monoisotopic (exact) mass is 973 g/mol. The summed E-state index contributed by atoms with van der Waals surface area (Å²) in [4.78, 5) is 126. The molecule has 0 saturated carbocycles. The molecule has 15 N–H and O–H groups in total. The Labute approximate surface area is 401 Å². The molecule has 1 aromatic carbocycles. The van der Waals surface area contributed by atoms with E-state index in [1.54, 1.807) is 26.0 Å². The minimum absolute atomic E-state index is 0.0521. The molecule has 9 atom stereocenters. The third kappa shape index (κ3) is 17.5. The first kappa shape index (κ1) is 56.8. The van der Waals surface area contributed by atoms with E-state index in [1.165, 1.54) is 35.8 Å². The summed E-state index contributed by atoms with van der Waals surface area (Å²) in [6.07, 6.45) is 0.559. The number of phenolic OH excluding ortho intramolecular Hbond substituents is 1. The third-order valence-electron chi connectivity index (χ3n) is 11.8. The highest BCUT2D eigenvalue weighted by molar-refractivity contribution is 5.98. The van der Waals surface area contributed by atoms with Gasteiger partial charge in [-0.1, -0.05) is 39.8 Å². The second-order valence-electron chi connectivity index (χ2n) is 18.4. The number of hydrogen-bond donors (Lipinski definition) is 12. The Hall–Kier alpha value is -6.56. The molecular weight excluding hydrogens is 901 g/mol. The maximum absolute atomic E-state index is 14.3. The van der Waals surface area contributed by atoms with Gasteiger partial charge in [0, 0.05) is 19.6 Å². The molecule has 0 aliphatic carbocycles. The Morgan fingerprint density at radius 3 is 1.88 bits per heavy atom. The number of amides is 8. The van der Waals surface area contributed by atoms with Crippen LogP contribution in [0.5, 0.6) is 5.75 Å². The van der Waals surface area contributed by atoms with E-state index in [2.05, 4.69) is 36.9 Å². The van der Waals surface area contributed by atoms with Gasteiger partial charge in [0.1, 0.15) is 48.0 Å². The van der Waals surface area contributed by atoms with Crippen LogP contribution in [0.15, 0.2) is 29.3 Å². The van der Waals surface area contributed by atoms with Crippen molar-refractivity contribution in [2.75, 3.05) is 26.2 Å². The SMILES string of the molecule is CC(C)C[C@H](NC(=O)[C@@H](N)Cc1ccc(O)cc1)C(=O)N[C@@H](CCCN=C(N)N)C(=O)N1CCC[C@H]1C(=O)NCC(=O)N1CCC[C@H]1C(=O)N[C@H](C(=O)N[C@H](C(=O)N[C@@H](C)C(=O)O)[C@@H](C)O)C(C)C. The smallest absolute Gasteiger partial charge is 0.325 e. The highest BCUT2D eigenvalue weighted by Crippen LogP contribution is 2.22. The molecule has 384 valence electrons. The van der Waals surface area contributed by atoms with Crippen molar-refractivity contribution in [3.05, 3.63) is 29.8 Å². The van der Waals surface area contributed by atoms with Crippen LogP contribution in [-0.2, 0) is 49.6 Å². The first-order valence-electron chi connectivity index (χ1n) is 23.3. The third-order valence-corrected chi connectivity index (χ3v) is 11.8. The maximum atomic E-state index is 14.3. The zero-order valence-corrected chi connectivity index (χ0v) is 40.2. The van der Waals surface area contributed by atoms with Crippen molar-refractivity contribution in [3.63, 3.8) is 0 Å². The lowest BCUT2D eigenvalue weighted by atomic mass is 10.0. The first-order chi connectivity index (χ1) is 32.4. The lowest BCUT2D eigenvalue weighted by Crippen LogP contribution is -2.61. The van der Waals surface area contributed by atoms with E-state index in [0.29, 0.717) is 18.4 Å². The number of carbonyl (C=O) groups is 9.